The van der Waals surface area contributed by atoms with Gasteiger partial charge in [-0.25, -0.2) is 8.42 Å². The van der Waals surface area contributed by atoms with Gasteiger partial charge in [-0.1, -0.05) is 32.0 Å². The van der Waals surface area contributed by atoms with Gasteiger partial charge in [0.2, 0.25) is 15.9 Å². The summed E-state index contributed by atoms with van der Waals surface area (Å²) in [6.07, 6.45) is 0.948. The highest BCUT2D eigenvalue weighted by Gasteiger charge is 2.22. The molecule has 7 heteroatoms. The molecule has 0 heterocycles. The Labute approximate surface area is 174 Å². The average Bonchev–Trinajstić information content (AvgIpc) is 2.69. The summed E-state index contributed by atoms with van der Waals surface area (Å²) < 4.78 is 26.9. The lowest BCUT2D eigenvalue weighted by molar-refractivity contribution is -0.116. The lowest BCUT2D eigenvalue weighted by atomic mass is 10.1. The second-order valence-electron chi connectivity index (χ2n) is 7.18. The van der Waals surface area contributed by atoms with E-state index in [9.17, 15) is 13.2 Å². The van der Waals surface area contributed by atoms with E-state index in [1.165, 1.54) is 4.31 Å². The third kappa shape index (κ3) is 5.81. The molecule has 0 atom stereocenters. The van der Waals surface area contributed by atoms with Gasteiger partial charge in [-0.2, -0.15) is 4.31 Å². The van der Waals surface area contributed by atoms with Gasteiger partial charge in [-0.3, -0.25) is 4.79 Å². The smallest absolute Gasteiger partial charge is 0.243 e. The Morgan fingerprint density at radius 3 is 2.17 bits per heavy atom. The lowest BCUT2D eigenvalue weighted by Crippen LogP contribution is -2.30. The normalized spacial score (nSPS) is 11.5. The highest BCUT2D eigenvalue weighted by molar-refractivity contribution is 7.89. The van der Waals surface area contributed by atoms with Crippen molar-refractivity contribution in [1.82, 2.24) is 4.31 Å². The molecule has 2 aromatic rings. The number of hydrogen-bond acceptors (Lipinski definition) is 4. The highest BCUT2D eigenvalue weighted by Crippen LogP contribution is 2.23. The van der Waals surface area contributed by atoms with Crippen LogP contribution < -0.4 is 10.2 Å². The molecule has 158 valence electrons. The first kappa shape index (κ1) is 22.9. The molecule has 0 radical (unpaired) electrons. The molecule has 1 amide bonds. The fourth-order valence-corrected chi connectivity index (χ4v) is 4.52. The van der Waals surface area contributed by atoms with Crippen LogP contribution in [0, 0.1) is 6.92 Å². The summed E-state index contributed by atoms with van der Waals surface area (Å²) >= 11 is 0. The molecule has 2 rings (SSSR count). The van der Waals surface area contributed by atoms with Crippen LogP contribution in [0.4, 0.5) is 11.4 Å². The van der Waals surface area contributed by atoms with E-state index >= 15 is 0 Å². The quantitative estimate of drug-likeness (QED) is 0.676. The van der Waals surface area contributed by atoms with Crippen molar-refractivity contribution >= 4 is 27.3 Å². The number of nitrogens with one attached hydrogen (secondary N) is 1. The SMILES string of the molecule is CCN(CC)S(=O)(=O)c1ccc(C)c(NC(=O)CCc2ccc(N(C)C)cc2)c1. The van der Waals surface area contributed by atoms with E-state index in [0.29, 0.717) is 31.6 Å². The molecule has 0 bridgehead atoms. The molecular formula is C22H31N3O3S. The lowest BCUT2D eigenvalue weighted by Gasteiger charge is -2.19. The maximum atomic E-state index is 12.7. The topological polar surface area (TPSA) is 69.7 Å². The van der Waals surface area contributed by atoms with Crippen LogP contribution in [-0.2, 0) is 21.2 Å². The summed E-state index contributed by atoms with van der Waals surface area (Å²) in [4.78, 5) is 14.7. The Morgan fingerprint density at radius 2 is 1.62 bits per heavy atom. The molecule has 2 aromatic carbocycles. The van der Waals surface area contributed by atoms with Gasteiger partial charge in [0.15, 0.2) is 0 Å². The van der Waals surface area contributed by atoms with E-state index in [-0.39, 0.29) is 10.8 Å². The Morgan fingerprint density at radius 1 is 1.00 bits per heavy atom. The Hall–Kier alpha value is -2.38. The van der Waals surface area contributed by atoms with Crippen molar-refractivity contribution in [2.24, 2.45) is 0 Å². The van der Waals surface area contributed by atoms with Crippen LogP contribution in [0.2, 0.25) is 0 Å². The van der Waals surface area contributed by atoms with Crippen LogP contribution in [0.3, 0.4) is 0 Å². The van der Waals surface area contributed by atoms with Crippen LogP contribution in [0.5, 0.6) is 0 Å². The third-order valence-electron chi connectivity index (χ3n) is 4.92. The van der Waals surface area contributed by atoms with Gasteiger partial charge in [0.1, 0.15) is 0 Å². The summed E-state index contributed by atoms with van der Waals surface area (Å²) in [5.41, 5.74) is 3.55. The highest BCUT2D eigenvalue weighted by atomic mass is 32.2. The monoisotopic (exact) mass is 417 g/mol. The molecule has 6 nitrogen and oxygen atoms in total. The van der Waals surface area contributed by atoms with Crippen molar-refractivity contribution in [3.8, 4) is 0 Å². The zero-order chi connectivity index (χ0) is 21.6. The second kappa shape index (κ2) is 9.89. The second-order valence-corrected chi connectivity index (χ2v) is 9.11. The third-order valence-corrected chi connectivity index (χ3v) is 6.97. The van der Waals surface area contributed by atoms with Crippen molar-refractivity contribution in [3.63, 3.8) is 0 Å². The van der Waals surface area contributed by atoms with Crippen LogP contribution >= 0.6 is 0 Å². The summed E-state index contributed by atoms with van der Waals surface area (Å²) in [5, 5.41) is 2.87. The van der Waals surface area contributed by atoms with E-state index in [2.05, 4.69) is 5.32 Å². The van der Waals surface area contributed by atoms with Crippen molar-refractivity contribution < 1.29 is 13.2 Å². The minimum atomic E-state index is -3.56. The summed E-state index contributed by atoms with van der Waals surface area (Å²) in [5.74, 6) is -0.137. The molecular weight excluding hydrogens is 386 g/mol. The van der Waals surface area contributed by atoms with Gasteiger partial charge in [0.05, 0.1) is 4.90 Å². The zero-order valence-corrected chi connectivity index (χ0v) is 18.7. The van der Waals surface area contributed by atoms with Gasteiger partial charge in [-0.05, 0) is 48.7 Å². The fraction of sp³-hybridized carbons (Fsp3) is 0.409. The first-order valence-electron chi connectivity index (χ1n) is 9.86. The van der Waals surface area contributed by atoms with Gasteiger partial charge < -0.3 is 10.2 Å². The van der Waals surface area contributed by atoms with Gasteiger partial charge in [0.25, 0.3) is 0 Å². The minimum Gasteiger partial charge on any atom is -0.378 e. The van der Waals surface area contributed by atoms with Crippen molar-refractivity contribution in [2.45, 2.75) is 38.5 Å². The van der Waals surface area contributed by atoms with E-state index in [1.807, 2.05) is 64.0 Å². The molecule has 1 N–H and O–H groups in total. The zero-order valence-electron chi connectivity index (χ0n) is 17.9. The van der Waals surface area contributed by atoms with Crippen LogP contribution in [-0.4, -0.2) is 45.8 Å². The number of nitrogens with zero attached hydrogens (tertiary/aromatic N) is 2. The number of carbonyl (C=O) groups excluding carboxylic acids is 1. The molecule has 29 heavy (non-hydrogen) atoms. The maximum absolute atomic E-state index is 12.7. The minimum absolute atomic E-state index is 0.137. The maximum Gasteiger partial charge on any atom is 0.243 e. The molecule has 0 aromatic heterocycles. The number of rotatable bonds is 9. The Kier molecular flexibility index (Phi) is 7.81. The Bertz CT molecular complexity index is 934. The number of sulfonamides is 1. The van der Waals surface area contributed by atoms with Gasteiger partial charge >= 0.3 is 0 Å². The number of carbonyl (C=O) groups is 1. The largest absolute Gasteiger partial charge is 0.378 e. The van der Waals surface area contributed by atoms with Gasteiger partial charge in [-0.15, -0.1) is 0 Å². The predicted octanol–water partition coefficient (Wildman–Crippen LogP) is 3.66. The summed E-state index contributed by atoms with van der Waals surface area (Å²) in [6.45, 7) is 6.28. The van der Waals surface area contributed by atoms with Crippen molar-refractivity contribution in [2.75, 3.05) is 37.4 Å². The van der Waals surface area contributed by atoms with Crippen molar-refractivity contribution in [1.29, 1.82) is 0 Å². The Balaban J connectivity index is 2.08. The number of hydrogen-bond donors (Lipinski definition) is 1. The van der Waals surface area contributed by atoms with E-state index in [1.54, 1.807) is 18.2 Å². The average molecular weight is 418 g/mol. The van der Waals surface area contributed by atoms with Crippen LogP contribution in [0.25, 0.3) is 0 Å². The molecule has 0 saturated carbocycles. The number of benzene rings is 2. The van der Waals surface area contributed by atoms with E-state index in [0.717, 1.165) is 16.8 Å². The number of amides is 1. The first-order chi connectivity index (χ1) is 13.7. The van der Waals surface area contributed by atoms with Crippen LogP contribution in [0.15, 0.2) is 47.4 Å². The molecule has 0 fully saturated rings. The van der Waals surface area contributed by atoms with E-state index in [4.69, 9.17) is 0 Å². The van der Waals surface area contributed by atoms with Crippen LogP contribution in [0.1, 0.15) is 31.4 Å². The van der Waals surface area contributed by atoms with E-state index < -0.39 is 10.0 Å². The fourth-order valence-electron chi connectivity index (χ4n) is 3.04. The van der Waals surface area contributed by atoms with Gasteiger partial charge in [0, 0.05) is 45.0 Å². The molecule has 0 aliphatic carbocycles. The summed E-state index contributed by atoms with van der Waals surface area (Å²) in [6, 6.07) is 13.0. The number of anilines is 2. The first-order valence-corrected chi connectivity index (χ1v) is 11.3. The predicted molar refractivity (Wildman–Crippen MR) is 119 cm³/mol. The standard InChI is InChI=1S/C22H31N3O3S/c1-6-25(7-2)29(27,28)20-14-8-17(3)21(16-20)23-22(26)15-11-18-9-12-19(13-10-18)24(4)5/h8-10,12-14,16H,6-7,11,15H2,1-5H3,(H,23,26). The molecule has 0 aliphatic rings. The number of aryl methyl sites for hydroxylation is 2. The van der Waals surface area contributed by atoms with Crippen molar-refractivity contribution in [3.05, 3.63) is 53.6 Å². The molecule has 0 aliphatic heterocycles. The molecule has 0 unspecified atom stereocenters. The molecule has 0 saturated heterocycles. The summed E-state index contributed by atoms with van der Waals surface area (Å²) in [7, 11) is 0.406. The molecule has 0 spiro atoms.